The highest BCUT2D eigenvalue weighted by molar-refractivity contribution is 5.77. The minimum Gasteiger partial charge on any atom is -0.489 e. The van der Waals surface area contributed by atoms with E-state index in [1.165, 1.54) is 16.7 Å². The first-order valence-corrected chi connectivity index (χ1v) is 9.47. The Morgan fingerprint density at radius 3 is 2.85 bits per heavy atom. The van der Waals surface area contributed by atoms with Crippen molar-refractivity contribution >= 4 is 5.91 Å². The van der Waals surface area contributed by atoms with Crippen molar-refractivity contribution in [1.82, 2.24) is 10.2 Å². The molecule has 1 N–H and O–H groups in total. The van der Waals surface area contributed by atoms with E-state index in [0.717, 1.165) is 51.2 Å². The Bertz CT molecular complexity index is 730. The van der Waals surface area contributed by atoms with Gasteiger partial charge in [0, 0.05) is 26.1 Å². The first kappa shape index (κ1) is 18.5. The van der Waals surface area contributed by atoms with Crippen LogP contribution in [-0.2, 0) is 17.9 Å². The summed E-state index contributed by atoms with van der Waals surface area (Å²) in [7, 11) is 0. The third kappa shape index (κ3) is 5.33. The van der Waals surface area contributed by atoms with Gasteiger partial charge in [0.05, 0.1) is 0 Å². The summed E-state index contributed by atoms with van der Waals surface area (Å²) >= 11 is 0. The molecule has 0 saturated carbocycles. The van der Waals surface area contributed by atoms with Gasteiger partial charge < -0.3 is 15.0 Å². The number of nitrogens with one attached hydrogen (secondary N) is 1. The van der Waals surface area contributed by atoms with Crippen molar-refractivity contribution in [2.75, 3.05) is 19.6 Å². The highest BCUT2D eigenvalue weighted by Crippen LogP contribution is 2.16. The molecule has 26 heavy (non-hydrogen) atoms. The van der Waals surface area contributed by atoms with E-state index < -0.39 is 0 Å². The lowest BCUT2D eigenvalue weighted by molar-refractivity contribution is -0.127. The number of carbonyl (C=O) groups excluding carboxylic acids is 1. The standard InChI is InChI=1S/C22H28N2O2/c1-18-7-2-3-9-20(18)17-26-21-10-4-8-19(15-21)16-23-12-6-14-24-13-5-11-22(24)25/h2-4,7-10,15,23H,5-6,11-14,16-17H2,1H3. The molecule has 0 aliphatic carbocycles. The van der Waals surface area contributed by atoms with Gasteiger partial charge in [-0.05, 0) is 55.1 Å². The van der Waals surface area contributed by atoms with Crippen molar-refractivity contribution in [3.63, 3.8) is 0 Å². The molecule has 0 aromatic heterocycles. The highest BCUT2D eigenvalue weighted by Gasteiger charge is 2.18. The average molecular weight is 352 g/mol. The van der Waals surface area contributed by atoms with Crippen LogP contribution in [0, 0.1) is 6.92 Å². The smallest absolute Gasteiger partial charge is 0.222 e. The third-order valence-corrected chi connectivity index (χ3v) is 4.84. The fourth-order valence-corrected chi connectivity index (χ4v) is 3.25. The molecule has 2 aromatic carbocycles. The Morgan fingerprint density at radius 2 is 2.04 bits per heavy atom. The Balaban J connectivity index is 1.39. The van der Waals surface area contributed by atoms with Gasteiger partial charge >= 0.3 is 0 Å². The summed E-state index contributed by atoms with van der Waals surface area (Å²) in [6, 6.07) is 16.5. The van der Waals surface area contributed by atoms with Gasteiger partial charge in [0.2, 0.25) is 5.91 Å². The van der Waals surface area contributed by atoms with Crippen molar-refractivity contribution in [1.29, 1.82) is 0 Å². The number of carbonyl (C=O) groups is 1. The van der Waals surface area contributed by atoms with Crippen molar-refractivity contribution in [3.8, 4) is 5.75 Å². The normalized spacial score (nSPS) is 14.0. The molecule has 0 radical (unpaired) electrons. The topological polar surface area (TPSA) is 41.6 Å². The van der Waals surface area contributed by atoms with E-state index in [2.05, 4.69) is 36.5 Å². The molecule has 2 aromatic rings. The monoisotopic (exact) mass is 352 g/mol. The van der Waals surface area contributed by atoms with Crippen LogP contribution in [0.5, 0.6) is 5.75 Å². The van der Waals surface area contributed by atoms with Gasteiger partial charge in [-0.15, -0.1) is 0 Å². The molecule has 1 amide bonds. The molecule has 0 unspecified atom stereocenters. The summed E-state index contributed by atoms with van der Waals surface area (Å²) in [4.78, 5) is 13.5. The lowest BCUT2D eigenvalue weighted by Gasteiger charge is -2.15. The molecule has 0 atom stereocenters. The molecule has 1 heterocycles. The Kier molecular flexibility index (Phi) is 6.67. The maximum atomic E-state index is 11.6. The molecule has 4 heteroatoms. The number of aryl methyl sites for hydroxylation is 1. The molecule has 0 spiro atoms. The van der Waals surface area contributed by atoms with Crippen molar-refractivity contribution in [2.24, 2.45) is 0 Å². The van der Waals surface area contributed by atoms with E-state index >= 15 is 0 Å². The van der Waals surface area contributed by atoms with Crippen LogP contribution >= 0.6 is 0 Å². The van der Waals surface area contributed by atoms with Crippen molar-refractivity contribution < 1.29 is 9.53 Å². The second kappa shape index (κ2) is 9.39. The van der Waals surface area contributed by atoms with E-state index in [9.17, 15) is 4.79 Å². The van der Waals surface area contributed by atoms with Gasteiger partial charge in [0.25, 0.3) is 0 Å². The molecular formula is C22H28N2O2. The summed E-state index contributed by atoms with van der Waals surface area (Å²) < 4.78 is 5.95. The van der Waals surface area contributed by atoms with Crippen LogP contribution in [0.2, 0.25) is 0 Å². The molecule has 1 aliphatic rings. The molecule has 1 aliphatic heterocycles. The quantitative estimate of drug-likeness (QED) is 0.700. The second-order valence-corrected chi connectivity index (χ2v) is 6.88. The Labute approximate surface area is 156 Å². The van der Waals surface area contributed by atoms with Gasteiger partial charge in [-0.3, -0.25) is 4.79 Å². The summed E-state index contributed by atoms with van der Waals surface area (Å²) in [5, 5.41) is 3.46. The lowest BCUT2D eigenvalue weighted by Crippen LogP contribution is -2.28. The SMILES string of the molecule is Cc1ccccc1COc1cccc(CNCCCN2CCCC2=O)c1. The van der Waals surface area contributed by atoms with Crippen LogP contribution in [0.4, 0.5) is 0 Å². The largest absolute Gasteiger partial charge is 0.489 e. The van der Waals surface area contributed by atoms with Crippen LogP contribution in [0.3, 0.4) is 0 Å². The summed E-state index contributed by atoms with van der Waals surface area (Å²) in [6.07, 6.45) is 2.74. The molecule has 4 nitrogen and oxygen atoms in total. The van der Waals surface area contributed by atoms with Crippen LogP contribution in [0.1, 0.15) is 36.0 Å². The van der Waals surface area contributed by atoms with E-state index in [0.29, 0.717) is 12.5 Å². The van der Waals surface area contributed by atoms with E-state index in [-0.39, 0.29) is 0 Å². The van der Waals surface area contributed by atoms with Crippen LogP contribution in [-0.4, -0.2) is 30.4 Å². The van der Waals surface area contributed by atoms with Crippen molar-refractivity contribution in [3.05, 3.63) is 65.2 Å². The van der Waals surface area contributed by atoms with E-state index in [4.69, 9.17) is 4.74 Å². The van der Waals surface area contributed by atoms with E-state index in [1.54, 1.807) is 0 Å². The molecule has 0 bridgehead atoms. The van der Waals surface area contributed by atoms with E-state index in [1.807, 2.05) is 29.2 Å². The lowest BCUT2D eigenvalue weighted by atomic mass is 10.1. The van der Waals surface area contributed by atoms with Gasteiger partial charge in [0.15, 0.2) is 0 Å². The van der Waals surface area contributed by atoms with Crippen molar-refractivity contribution in [2.45, 2.75) is 39.3 Å². The number of hydrogen-bond acceptors (Lipinski definition) is 3. The first-order valence-electron chi connectivity index (χ1n) is 9.47. The molecule has 1 fully saturated rings. The number of rotatable bonds is 9. The fourth-order valence-electron chi connectivity index (χ4n) is 3.25. The number of benzene rings is 2. The summed E-state index contributed by atoms with van der Waals surface area (Å²) in [6.45, 7) is 6.22. The van der Waals surface area contributed by atoms with Gasteiger partial charge in [-0.25, -0.2) is 0 Å². The minimum atomic E-state index is 0.309. The number of nitrogens with zero attached hydrogens (tertiary/aromatic N) is 1. The number of hydrogen-bond donors (Lipinski definition) is 1. The molecule has 138 valence electrons. The molecule has 1 saturated heterocycles. The minimum absolute atomic E-state index is 0.309. The average Bonchev–Trinajstić information content (AvgIpc) is 3.06. The predicted molar refractivity (Wildman–Crippen MR) is 104 cm³/mol. The van der Waals surface area contributed by atoms with Gasteiger partial charge in [-0.2, -0.15) is 0 Å². The summed E-state index contributed by atoms with van der Waals surface area (Å²) in [5.41, 5.74) is 3.68. The predicted octanol–water partition coefficient (Wildman–Crippen LogP) is 3.68. The maximum absolute atomic E-state index is 11.6. The third-order valence-electron chi connectivity index (χ3n) is 4.84. The zero-order valence-electron chi connectivity index (χ0n) is 15.5. The Hall–Kier alpha value is -2.33. The zero-order chi connectivity index (χ0) is 18.2. The second-order valence-electron chi connectivity index (χ2n) is 6.88. The zero-order valence-corrected chi connectivity index (χ0v) is 15.5. The first-order chi connectivity index (χ1) is 12.7. The Morgan fingerprint density at radius 1 is 1.15 bits per heavy atom. The fraction of sp³-hybridized carbons (Fsp3) is 0.409. The molecule has 3 rings (SSSR count). The van der Waals surface area contributed by atoms with Crippen LogP contribution in [0.25, 0.3) is 0 Å². The molecular weight excluding hydrogens is 324 g/mol. The van der Waals surface area contributed by atoms with Crippen LogP contribution in [0.15, 0.2) is 48.5 Å². The van der Waals surface area contributed by atoms with Gasteiger partial charge in [-0.1, -0.05) is 36.4 Å². The van der Waals surface area contributed by atoms with Crippen LogP contribution < -0.4 is 10.1 Å². The number of likely N-dealkylation sites (tertiary alicyclic amines) is 1. The summed E-state index contributed by atoms with van der Waals surface area (Å²) in [5.74, 6) is 1.21. The number of ether oxygens (including phenoxy) is 1. The van der Waals surface area contributed by atoms with Gasteiger partial charge in [0.1, 0.15) is 12.4 Å². The number of amides is 1. The maximum Gasteiger partial charge on any atom is 0.222 e. The highest BCUT2D eigenvalue weighted by atomic mass is 16.5.